The smallest absolute Gasteiger partial charge is 0.328 e. The number of rotatable bonds is 2. The highest BCUT2D eigenvalue weighted by atomic mass is 32.1. The highest BCUT2D eigenvalue weighted by molar-refractivity contribution is 7.19. The SMILES string of the molecule is Nc1nccc2sc(C=CC(=O)O)cc12. The lowest BCUT2D eigenvalue weighted by atomic mass is 10.3. The van der Waals surface area contributed by atoms with Crippen LogP contribution in [0.5, 0.6) is 0 Å². The van der Waals surface area contributed by atoms with E-state index < -0.39 is 5.97 Å². The van der Waals surface area contributed by atoms with Gasteiger partial charge < -0.3 is 10.8 Å². The van der Waals surface area contributed by atoms with Crippen LogP contribution >= 0.6 is 11.3 Å². The zero-order valence-electron chi connectivity index (χ0n) is 7.68. The van der Waals surface area contributed by atoms with E-state index in [4.69, 9.17) is 10.8 Å². The van der Waals surface area contributed by atoms with Crippen LogP contribution in [0, 0.1) is 0 Å². The molecule has 0 aromatic carbocycles. The van der Waals surface area contributed by atoms with Crippen molar-refractivity contribution in [2.24, 2.45) is 0 Å². The number of aromatic nitrogens is 1. The highest BCUT2D eigenvalue weighted by Crippen LogP contribution is 2.28. The number of pyridine rings is 1. The van der Waals surface area contributed by atoms with Crippen LogP contribution in [0.4, 0.5) is 5.82 Å². The van der Waals surface area contributed by atoms with Gasteiger partial charge in [0.05, 0.1) is 0 Å². The average Bonchev–Trinajstić information content (AvgIpc) is 2.59. The van der Waals surface area contributed by atoms with Crippen molar-refractivity contribution in [3.05, 3.63) is 29.3 Å². The molecule has 0 amide bonds. The first kappa shape index (κ1) is 9.67. The van der Waals surface area contributed by atoms with E-state index in [1.165, 1.54) is 11.3 Å². The lowest BCUT2D eigenvalue weighted by Crippen LogP contribution is -1.87. The molecule has 3 N–H and O–H groups in total. The molecule has 5 heteroatoms. The molecular weight excluding hydrogens is 212 g/mol. The molecule has 15 heavy (non-hydrogen) atoms. The van der Waals surface area contributed by atoms with Gasteiger partial charge in [0.2, 0.25) is 0 Å². The molecule has 0 aliphatic carbocycles. The van der Waals surface area contributed by atoms with Gasteiger partial charge in [-0.2, -0.15) is 0 Å². The Morgan fingerprint density at radius 3 is 3.07 bits per heavy atom. The van der Waals surface area contributed by atoms with Crippen molar-refractivity contribution < 1.29 is 9.90 Å². The van der Waals surface area contributed by atoms with Crippen molar-refractivity contribution in [3.63, 3.8) is 0 Å². The summed E-state index contributed by atoms with van der Waals surface area (Å²) in [5, 5.41) is 9.35. The molecule has 2 aromatic heterocycles. The van der Waals surface area contributed by atoms with Gasteiger partial charge in [-0.25, -0.2) is 9.78 Å². The summed E-state index contributed by atoms with van der Waals surface area (Å²) in [6, 6.07) is 3.69. The number of anilines is 1. The third-order valence-corrected chi connectivity index (χ3v) is 2.95. The van der Waals surface area contributed by atoms with Crippen LogP contribution in [0.1, 0.15) is 4.88 Å². The Kier molecular flexibility index (Phi) is 2.39. The van der Waals surface area contributed by atoms with Crippen molar-refractivity contribution in [3.8, 4) is 0 Å². The molecule has 2 heterocycles. The average molecular weight is 220 g/mol. The van der Waals surface area contributed by atoms with Crippen molar-refractivity contribution in [2.45, 2.75) is 0 Å². The maximum atomic E-state index is 10.3. The molecule has 0 bridgehead atoms. The Hall–Kier alpha value is -1.88. The number of nitrogens with two attached hydrogens (primary N) is 1. The minimum Gasteiger partial charge on any atom is -0.478 e. The van der Waals surface area contributed by atoms with Gasteiger partial charge >= 0.3 is 5.97 Å². The van der Waals surface area contributed by atoms with Crippen LogP contribution in [-0.4, -0.2) is 16.1 Å². The first-order valence-corrected chi connectivity index (χ1v) is 5.03. The molecule has 76 valence electrons. The maximum Gasteiger partial charge on any atom is 0.328 e. The summed E-state index contributed by atoms with van der Waals surface area (Å²) in [4.78, 5) is 15.1. The first-order valence-electron chi connectivity index (χ1n) is 4.22. The lowest BCUT2D eigenvalue weighted by Gasteiger charge is -1.91. The van der Waals surface area contributed by atoms with Gasteiger partial charge in [-0.1, -0.05) is 0 Å². The Morgan fingerprint density at radius 2 is 2.40 bits per heavy atom. The standard InChI is InChI=1S/C10H8N2O2S/c11-10-7-5-6(1-2-9(13)14)15-8(7)3-4-12-10/h1-5H,(H2,11,12)(H,13,14). The van der Waals surface area contributed by atoms with Gasteiger partial charge in [0, 0.05) is 27.2 Å². The van der Waals surface area contributed by atoms with Crippen molar-refractivity contribution in [1.29, 1.82) is 0 Å². The van der Waals surface area contributed by atoms with Crippen LogP contribution in [-0.2, 0) is 4.79 Å². The molecule has 2 aromatic rings. The quantitative estimate of drug-likeness (QED) is 0.759. The van der Waals surface area contributed by atoms with Gasteiger partial charge in [-0.05, 0) is 18.2 Å². The van der Waals surface area contributed by atoms with Gasteiger partial charge in [0.15, 0.2) is 0 Å². The summed E-state index contributed by atoms with van der Waals surface area (Å²) in [7, 11) is 0. The van der Waals surface area contributed by atoms with Gasteiger partial charge in [-0.15, -0.1) is 11.3 Å². The van der Waals surface area contributed by atoms with Crippen molar-refractivity contribution >= 4 is 39.3 Å². The molecule has 0 fully saturated rings. The number of hydrogen-bond donors (Lipinski definition) is 2. The second-order valence-corrected chi connectivity index (χ2v) is 4.04. The Bertz CT molecular complexity index is 545. The van der Waals surface area contributed by atoms with E-state index in [1.54, 1.807) is 12.3 Å². The van der Waals surface area contributed by atoms with E-state index in [0.717, 1.165) is 21.0 Å². The molecular formula is C10H8N2O2S. The topological polar surface area (TPSA) is 76.2 Å². The monoisotopic (exact) mass is 220 g/mol. The van der Waals surface area contributed by atoms with Gasteiger partial charge in [0.25, 0.3) is 0 Å². The number of thiophene rings is 1. The third-order valence-electron chi connectivity index (χ3n) is 1.89. The van der Waals surface area contributed by atoms with Crippen molar-refractivity contribution in [1.82, 2.24) is 4.98 Å². The number of aliphatic carboxylic acids is 1. The number of nitrogens with zero attached hydrogens (tertiary/aromatic N) is 1. The zero-order chi connectivity index (χ0) is 10.8. The number of fused-ring (bicyclic) bond motifs is 1. The molecule has 0 saturated heterocycles. The largest absolute Gasteiger partial charge is 0.478 e. The minimum absolute atomic E-state index is 0.471. The second kappa shape index (κ2) is 3.70. The van der Waals surface area contributed by atoms with Crippen molar-refractivity contribution in [2.75, 3.05) is 5.73 Å². The Morgan fingerprint density at radius 1 is 1.60 bits per heavy atom. The van der Waals surface area contributed by atoms with Crippen LogP contribution in [0.2, 0.25) is 0 Å². The minimum atomic E-state index is -0.960. The predicted molar refractivity (Wildman–Crippen MR) is 60.7 cm³/mol. The summed E-state index contributed by atoms with van der Waals surface area (Å²) >= 11 is 1.48. The molecule has 2 rings (SSSR count). The molecule has 0 radical (unpaired) electrons. The number of carboxylic acid groups (broad SMARTS) is 1. The van der Waals surface area contributed by atoms with E-state index >= 15 is 0 Å². The molecule has 0 saturated carbocycles. The molecule has 4 nitrogen and oxygen atoms in total. The van der Waals surface area contributed by atoms with E-state index in [0.29, 0.717) is 5.82 Å². The first-order chi connectivity index (χ1) is 7.16. The zero-order valence-corrected chi connectivity index (χ0v) is 8.49. The van der Waals surface area contributed by atoms with Crippen LogP contribution in [0.25, 0.3) is 16.2 Å². The molecule has 0 atom stereocenters. The van der Waals surface area contributed by atoms with Gasteiger partial charge in [0.1, 0.15) is 5.82 Å². The molecule has 0 aliphatic rings. The summed E-state index contributed by atoms with van der Waals surface area (Å²) in [5.41, 5.74) is 5.68. The Balaban J connectivity index is 2.48. The normalized spacial score (nSPS) is 11.2. The third kappa shape index (κ3) is 1.97. The summed E-state index contributed by atoms with van der Waals surface area (Å²) in [5.74, 6) is -0.489. The number of carbonyl (C=O) groups is 1. The van der Waals surface area contributed by atoms with E-state index in [-0.39, 0.29) is 0 Å². The number of hydrogen-bond acceptors (Lipinski definition) is 4. The Labute approximate surface area is 89.7 Å². The molecule has 0 spiro atoms. The fraction of sp³-hybridized carbons (Fsp3) is 0. The van der Waals surface area contributed by atoms with Crippen LogP contribution in [0.15, 0.2) is 24.4 Å². The molecule has 0 aliphatic heterocycles. The fourth-order valence-corrected chi connectivity index (χ4v) is 2.21. The fourth-order valence-electron chi connectivity index (χ4n) is 1.24. The second-order valence-electron chi connectivity index (χ2n) is 2.93. The van der Waals surface area contributed by atoms with Crippen LogP contribution in [0.3, 0.4) is 0 Å². The van der Waals surface area contributed by atoms with Crippen LogP contribution < -0.4 is 5.73 Å². The highest BCUT2D eigenvalue weighted by Gasteiger charge is 2.02. The summed E-state index contributed by atoms with van der Waals surface area (Å²) < 4.78 is 1.01. The lowest BCUT2D eigenvalue weighted by molar-refractivity contribution is -0.131. The van der Waals surface area contributed by atoms with E-state index in [1.807, 2.05) is 12.1 Å². The van der Waals surface area contributed by atoms with Gasteiger partial charge in [-0.3, -0.25) is 0 Å². The molecule has 0 unspecified atom stereocenters. The van der Waals surface area contributed by atoms with E-state index in [2.05, 4.69) is 4.98 Å². The number of carboxylic acids is 1. The number of nitrogen functional groups attached to an aromatic ring is 1. The summed E-state index contributed by atoms with van der Waals surface area (Å²) in [6.07, 6.45) is 4.29. The summed E-state index contributed by atoms with van der Waals surface area (Å²) in [6.45, 7) is 0. The maximum absolute atomic E-state index is 10.3. The predicted octanol–water partition coefficient (Wildman–Crippen LogP) is 1.98. The van der Waals surface area contributed by atoms with E-state index in [9.17, 15) is 4.79 Å².